The minimum absolute atomic E-state index is 0.466. The molecule has 0 radical (unpaired) electrons. The lowest BCUT2D eigenvalue weighted by atomic mass is 10.2. The van der Waals surface area contributed by atoms with Gasteiger partial charge in [0.25, 0.3) is 0 Å². The summed E-state index contributed by atoms with van der Waals surface area (Å²) in [6.45, 7) is 0. The summed E-state index contributed by atoms with van der Waals surface area (Å²) in [5.74, 6) is 0. The molecule has 0 aliphatic heterocycles. The Kier molecular flexibility index (Phi) is 4.65. The van der Waals surface area contributed by atoms with Crippen LogP contribution in [0.3, 0.4) is 0 Å². The molecule has 0 aliphatic rings. The molecule has 2 N–H and O–H groups in total. The minimum Gasteiger partial charge on any atom is -0.354 e. The molecule has 0 amide bonds. The fourth-order valence-electron chi connectivity index (χ4n) is 1.71. The van der Waals surface area contributed by atoms with Crippen molar-refractivity contribution in [3.8, 4) is 6.07 Å². The zero-order chi connectivity index (χ0) is 16.2. The highest BCUT2D eigenvalue weighted by Gasteiger charge is 2.12. The van der Waals surface area contributed by atoms with Crippen molar-refractivity contribution in [1.29, 1.82) is 5.26 Å². The van der Waals surface area contributed by atoms with Crippen molar-refractivity contribution in [2.24, 2.45) is 0 Å². The topological polar surface area (TPSA) is 85.2 Å². The Morgan fingerprint density at radius 1 is 1.00 bits per heavy atom. The first-order chi connectivity index (χ1) is 10.4. The highest BCUT2D eigenvalue weighted by molar-refractivity contribution is 7.90. The van der Waals surface area contributed by atoms with Gasteiger partial charge in [0.05, 0.1) is 11.3 Å². The third-order valence-electron chi connectivity index (χ3n) is 2.94. The lowest BCUT2D eigenvalue weighted by molar-refractivity contribution is 0.527. The van der Waals surface area contributed by atoms with Crippen molar-refractivity contribution >= 4 is 27.3 Å². The summed E-state index contributed by atoms with van der Waals surface area (Å²) in [5, 5.41) is 12.2. The molecule has 0 bridgehead atoms. The van der Waals surface area contributed by atoms with Gasteiger partial charge in [-0.1, -0.05) is 12.1 Å². The number of nitrogens with one attached hydrogen (secondary N) is 2. The predicted octanol–water partition coefficient (Wildman–Crippen LogP) is 2.52. The number of anilines is 3. The third-order valence-corrected chi connectivity index (χ3v) is 4.39. The van der Waals surface area contributed by atoms with Gasteiger partial charge in [-0.2, -0.15) is 18.0 Å². The molecule has 0 atom stereocenters. The van der Waals surface area contributed by atoms with Crippen molar-refractivity contribution in [3.63, 3.8) is 0 Å². The summed E-state index contributed by atoms with van der Waals surface area (Å²) < 4.78 is 27.0. The Bertz CT molecular complexity index is 793. The Hall–Kier alpha value is -2.56. The van der Waals surface area contributed by atoms with Crippen molar-refractivity contribution in [2.45, 2.75) is 0 Å². The molecule has 0 saturated carbocycles. The SMILES string of the molecule is CN(C)S(=O)(=O)Nc1ccc(Nc2ccccc2C#N)cc1. The molecule has 2 aromatic carbocycles. The Morgan fingerprint density at radius 2 is 1.59 bits per heavy atom. The lowest BCUT2D eigenvalue weighted by Gasteiger charge is -2.14. The van der Waals surface area contributed by atoms with E-state index in [1.165, 1.54) is 14.1 Å². The number of nitrogens with zero attached hydrogens (tertiary/aromatic N) is 2. The van der Waals surface area contributed by atoms with Crippen LogP contribution in [0.2, 0.25) is 0 Å². The first kappa shape index (κ1) is 15.8. The van der Waals surface area contributed by atoms with Gasteiger partial charge in [-0.15, -0.1) is 0 Å². The average Bonchev–Trinajstić information content (AvgIpc) is 2.49. The molecule has 0 heterocycles. The van der Waals surface area contributed by atoms with Gasteiger partial charge in [0, 0.05) is 25.5 Å². The molecule has 114 valence electrons. The summed E-state index contributed by atoms with van der Waals surface area (Å²) >= 11 is 0. The van der Waals surface area contributed by atoms with Gasteiger partial charge in [-0.05, 0) is 36.4 Å². The molecule has 0 saturated heterocycles. The van der Waals surface area contributed by atoms with Crippen LogP contribution >= 0.6 is 0 Å². The van der Waals surface area contributed by atoms with Crippen LogP contribution in [-0.2, 0) is 10.2 Å². The van der Waals surface area contributed by atoms with Crippen molar-refractivity contribution in [1.82, 2.24) is 4.31 Å². The lowest BCUT2D eigenvalue weighted by Crippen LogP contribution is -2.28. The maximum atomic E-state index is 11.7. The van der Waals surface area contributed by atoms with Crippen molar-refractivity contribution < 1.29 is 8.42 Å². The molecular weight excluding hydrogens is 300 g/mol. The number of hydrogen-bond donors (Lipinski definition) is 2. The van der Waals surface area contributed by atoms with Crippen LogP contribution < -0.4 is 10.0 Å². The maximum Gasteiger partial charge on any atom is 0.301 e. The molecule has 7 heteroatoms. The Morgan fingerprint density at radius 3 is 2.18 bits per heavy atom. The zero-order valence-electron chi connectivity index (χ0n) is 12.2. The van der Waals surface area contributed by atoms with Crippen LogP contribution in [0.4, 0.5) is 17.1 Å². The van der Waals surface area contributed by atoms with Gasteiger partial charge in [-0.3, -0.25) is 4.72 Å². The predicted molar refractivity (Wildman–Crippen MR) is 87.1 cm³/mol. The normalized spacial score (nSPS) is 11.0. The summed E-state index contributed by atoms with van der Waals surface area (Å²) in [4.78, 5) is 0. The number of hydrogen-bond acceptors (Lipinski definition) is 4. The second kappa shape index (κ2) is 6.47. The van der Waals surface area contributed by atoms with Crippen LogP contribution in [0.1, 0.15) is 5.56 Å². The summed E-state index contributed by atoms with van der Waals surface area (Å²) in [5.41, 5.74) is 2.47. The van der Waals surface area contributed by atoms with Crippen LogP contribution in [0.25, 0.3) is 0 Å². The van der Waals surface area contributed by atoms with E-state index in [0.29, 0.717) is 16.9 Å². The standard InChI is InChI=1S/C15H16N4O2S/c1-19(2)22(20,21)18-14-9-7-13(8-10-14)17-15-6-4-3-5-12(15)11-16/h3-10,17-18H,1-2H3. The Labute approximate surface area is 130 Å². The monoisotopic (exact) mass is 316 g/mol. The first-order valence-corrected chi connectivity index (χ1v) is 7.93. The molecule has 0 spiro atoms. The molecule has 0 fully saturated rings. The fourth-order valence-corrected chi connectivity index (χ4v) is 2.32. The van der Waals surface area contributed by atoms with E-state index in [9.17, 15) is 8.42 Å². The molecule has 0 aliphatic carbocycles. The molecule has 2 aromatic rings. The average molecular weight is 316 g/mol. The van der Waals surface area contributed by atoms with Crippen LogP contribution in [0, 0.1) is 11.3 Å². The third kappa shape index (κ3) is 3.75. The second-order valence-electron chi connectivity index (χ2n) is 4.75. The van der Waals surface area contributed by atoms with Gasteiger partial charge < -0.3 is 5.32 Å². The largest absolute Gasteiger partial charge is 0.354 e. The second-order valence-corrected chi connectivity index (χ2v) is 6.63. The smallest absolute Gasteiger partial charge is 0.301 e. The van der Waals surface area contributed by atoms with E-state index in [-0.39, 0.29) is 0 Å². The maximum absolute atomic E-state index is 11.7. The minimum atomic E-state index is -3.51. The van der Waals surface area contributed by atoms with E-state index in [1.807, 2.05) is 6.07 Å². The first-order valence-electron chi connectivity index (χ1n) is 6.49. The zero-order valence-corrected chi connectivity index (χ0v) is 13.1. The van der Waals surface area contributed by atoms with Gasteiger partial charge in [-0.25, -0.2) is 0 Å². The van der Waals surface area contributed by atoms with E-state index < -0.39 is 10.2 Å². The van der Waals surface area contributed by atoms with Gasteiger partial charge in [0.15, 0.2) is 0 Å². The van der Waals surface area contributed by atoms with E-state index >= 15 is 0 Å². The number of nitriles is 1. The van der Waals surface area contributed by atoms with Gasteiger partial charge in [0.2, 0.25) is 0 Å². The molecule has 0 aromatic heterocycles. The summed E-state index contributed by atoms with van der Waals surface area (Å²) in [6, 6.07) is 16.1. The highest BCUT2D eigenvalue weighted by Crippen LogP contribution is 2.22. The van der Waals surface area contributed by atoms with Crippen LogP contribution in [-0.4, -0.2) is 26.8 Å². The Balaban J connectivity index is 2.15. The highest BCUT2D eigenvalue weighted by atomic mass is 32.2. The fraction of sp³-hybridized carbons (Fsp3) is 0.133. The van der Waals surface area contributed by atoms with Gasteiger partial charge >= 0.3 is 10.2 Å². The van der Waals surface area contributed by atoms with E-state index in [2.05, 4.69) is 16.1 Å². The molecule has 2 rings (SSSR count). The molecule has 0 unspecified atom stereocenters. The summed E-state index contributed by atoms with van der Waals surface area (Å²) in [7, 11) is -0.603. The molecular formula is C15H16N4O2S. The van der Waals surface area contributed by atoms with E-state index in [1.54, 1.807) is 42.5 Å². The molecule has 22 heavy (non-hydrogen) atoms. The van der Waals surface area contributed by atoms with Gasteiger partial charge in [0.1, 0.15) is 6.07 Å². The van der Waals surface area contributed by atoms with Crippen LogP contribution in [0.15, 0.2) is 48.5 Å². The van der Waals surface area contributed by atoms with E-state index in [4.69, 9.17) is 5.26 Å². The number of benzene rings is 2. The number of para-hydroxylation sites is 1. The molecule has 6 nitrogen and oxygen atoms in total. The van der Waals surface area contributed by atoms with Crippen LogP contribution in [0.5, 0.6) is 0 Å². The van der Waals surface area contributed by atoms with Crippen molar-refractivity contribution in [2.75, 3.05) is 24.1 Å². The van der Waals surface area contributed by atoms with E-state index in [0.717, 1.165) is 9.99 Å². The quantitative estimate of drug-likeness (QED) is 0.887. The summed E-state index contributed by atoms with van der Waals surface area (Å²) in [6.07, 6.45) is 0. The van der Waals surface area contributed by atoms with Crippen molar-refractivity contribution in [3.05, 3.63) is 54.1 Å². The number of rotatable bonds is 5.